The maximum absolute atomic E-state index is 12.0. The number of unbranched alkanes of at least 4 members (excludes halogenated alkanes) is 4. The minimum atomic E-state index is -3.25. The summed E-state index contributed by atoms with van der Waals surface area (Å²) in [4.78, 5) is 0. The van der Waals surface area contributed by atoms with E-state index in [4.69, 9.17) is 4.74 Å². The van der Waals surface area contributed by atoms with E-state index in [0.717, 1.165) is 45.3 Å². The van der Waals surface area contributed by atoms with Gasteiger partial charge in [0.25, 0.3) is 0 Å². The zero-order valence-corrected chi connectivity index (χ0v) is 21.2. The van der Waals surface area contributed by atoms with E-state index >= 15 is 0 Å². The average Bonchev–Trinajstić information content (AvgIpc) is 2.82. The van der Waals surface area contributed by atoms with Crippen LogP contribution in [0.15, 0.2) is 54.6 Å². The highest BCUT2D eigenvalue weighted by Crippen LogP contribution is 2.14. The van der Waals surface area contributed by atoms with Crippen molar-refractivity contribution >= 4 is 15.7 Å². The lowest BCUT2D eigenvalue weighted by Crippen LogP contribution is -2.31. The Bertz CT molecular complexity index is 855. The third-order valence-corrected chi connectivity index (χ3v) is 6.99. The molecule has 0 aliphatic rings. The normalized spacial score (nSPS) is 12.5. The van der Waals surface area contributed by atoms with Gasteiger partial charge < -0.3 is 4.74 Å². The molecule has 0 aliphatic carbocycles. The molecule has 0 spiro atoms. The molecular weight excluding hydrogens is 432 g/mol. The molecule has 2 aromatic carbocycles. The summed E-state index contributed by atoms with van der Waals surface area (Å²) in [5.41, 5.74) is 3.13. The van der Waals surface area contributed by atoms with Crippen LogP contribution < -0.4 is 10.0 Å². The van der Waals surface area contributed by atoms with Gasteiger partial charge in [0, 0.05) is 18.8 Å². The molecule has 0 aliphatic heterocycles. The first-order valence-corrected chi connectivity index (χ1v) is 14.2. The molecule has 1 unspecified atom stereocenters. The van der Waals surface area contributed by atoms with Crippen molar-refractivity contribution in [3.63, 3.8) is 0 Å². The van der Waals surface area contributed by atoms with Gasteiger partial charge in [0.15, 0.2) is 0 Å². The summed E-state index contributed by atoms with van der Waals surface area (Å²) in [6, 6.07) is 18.2. The minimum Gasteiger partial charge on any atom is -0.363 e. The van der Waals surface area contributed by atoms with E-state index in [1.165, 1.54) is 30.4 Å². The number of nitrogens with one attached hydrogen (secondary N) is 2. The second-order valence-corrected chi connectivity index (χ2v) is 10.5. The number of sulfonamides is 1. The van der Waals surface area contributed by atoms with Gasteiger partial charge >= 0.3 is 0 Å². The molecule has 5 nitrogen and oxygen atoms in total. The Labute approximate surface area is 201 Å². The van der Waals surface area contributed by atoms with Crippen LogP contribution in [0.4, 0.5) is 5.69 Å². The highest BCUT2D eigenvalue weighted by atomic mass is 32.2. The topological polar surface area (TPSA) is 67.4 Å². The molecule has 0 bridgehead atoms. The van der Waals surface area contributed by atoms with E-state index in [1.54, 1.807) is 0 Å². The van der Waals surface area contributed by atoms with Crippen LogP contribution in [0.2, 0.25) is 0 Å². The third-order valence-electron chi connectivity index (χ3n) is 5.62. The maximum atomic E-state index is 12.0. The number of hydrogen-bond acceptors (Lipinski definition) is 4. The summed E-state index contributed by atoms with van der Waals surface area (Å²) >= 11 is 0. The Morgan fingerprint density at radius 1 is 0.818 bits per heavy atom. The molecule has 2 rings (SSSR count). The monoisotopic (exact) mass is 474 g/mol. The molecule has 0 radical (unpaired) electrons. The summed E-state index contributed by atoms with van der Waals surface area (Å²) in [5, 5.41) is 3.56. The van der Waals surface area contributed by atoms with E-state index in [2.05, 4.69) is 41.2 Å². The standard InChI is InChI=1S/C27H42N2O3S/c1-3-5-8-16-27(28-23-25-14-9-7-10-15-25)32-21-12-11-13-24-17-19-26(20-18-24)29-33(30,31)22-6-4-2/h7,9-10,14-15,17-20,27-29H,3-6,8,11-13,16,21-23H2,1-2H3. The Hall–Kier alpha value is -1.89. The molecule has 0 saturated heterocycles. The summed E-state index contributed by atoms with van der Waals surface area (Å²) in [5.74, 6) is 0.172. The van der Waals surface area contributed by atoms with E-state index < -0.39 is 10.0 Å². The van der Waals surface area contributed by atoms with Crippen molar-refractivity contribution in [1.29, 1.82) is 0 Å². The number of hydrogen-bond donors (Lipinski definition) is 2. The fourth-order valence-corrected chi connectivity index (χ4v) is 4.88. The highest BCUT2D eigenvalue weighted by Gasteiger charge is 2.10. The first kappa shape index (κ1) is 27.4. The number of anilines is 1. The predicted molar refractivity (Wildman–Crippen MR) is 139 cm³/mol. The number of benzene rings is 2. The van der Waals surface area contributed by atoms with Gasteiger partial charge in [0.2, 0.25) is 10.0 Å². The van der Waals surface area contributed by atoms with Gasteiger partial charge in [-0.05, 0) is 61.8 Å². The predicted octanol–water partition coefficient (Wildman–Crippen LogP) is 6.26. The van der Waals surface area contributed by atoms with E-state index in [-0.39, 0.29) is 12.0 Å². The van der Waals surface area contributed by atoms with Crippen molar-refractivity contribution in [1.82, 2.24) is 5.32 Å². The van der Waals surface area contributed by atoms with Gasteiger partial charge in [-0.3, -0.25) is 10.0 Å². The summed E-state index contributed by atoms with van der Waals surface area (Å²) < 4.78 is 32.9. The molecule has 184 valence electrons. The quantitative estimate of drug-likeness (QED) is 0.197. The van der Waals surface area contributed by atoms with Crippen molar-refractivity contribution in [3.8, 4) is 0 Å². The average molecular weight is 475 g/mol. The molecule has 2 aromatic rings. The van der Waals surface area contributed by atoms with Crippen LogP contribution in [0.3, 0.4) is 0 Å². The molecule has 6 heteroatoms. The van der Waals surface area contributed by atoms with Crippen molar-refractivity contribution in [2.24, 2.45) is 0 Å². The molecule has 2 N–H and O–H groups in total. The lowest BCUT2D eigenvalue weighted by atomic mass is 10.1. The van der Waals surface area contributed by atoms with Gasteiger partial charge in [0.1, 0.15) is 6.23 Å². The van der Waals surface area contributed by atoms with Crippen molar-refractivity contribution < 1.29 is 13.2 Å². The summed E-state index contributed by atoms with van der Waals surface area (Å²) in [7, 11) is -3.25. The Kier molecular flexibility index (Phi) is 13.1. The first-order chi connectivity index (χ1) is 16.0. The second-order valence-electron chi connectivity index (χ2n) is 8.65. The zero-order chi connectivity index (χ0) is 23.8. The lowest BCUT2D eigenvalue weighted by Gasteiger charge is -2.20. The van der Waals surface area contributed by atoms with Crippen molar-refractivity contribution in [2.45, 2.75) is 84.4 Å². The highest BCUT2D eigenvalue weighted by molar-refractivity contribution is 7.92. The molecule has 33 heavy (non-hydrogen) atoms. The van der Waals surface area contributed by atoms with Crippen LogP contribution in [-0.4, -0.2) is 27.0 Å². The first-order valence-electron chi connectivity index (χ1n) is 12.5. The smallest absolute Gasteiger partial charge is 0.232 e. The third kappa shape index (κ3) is 12.2. The molecular formula is C27H42N2O3S. The van der Waals surface area contributed by atoms with Crippen LogP contribution in [0.25, 0.3) is 0 Å². The SMILES string of the molecule is CCCCCC(NCc1ccccc1)OCCCCc1ccc(NS(=O)(=O)CCCC)cc1. The van der Waals surface area contributed by atoms with E-state index in [1.807, 2.05) is 37.3 Å². The largest absolute Gasteiger partial charge is 0.363 e. The summed E-state index contributed by atoms with van der Waals surface area (Å²) in [6.07, 6.45) is 9.31. The minimum absolute atomic E-state index is 0.0942. The maximum Gasteiger partial charge on any atom is 0.232 e. The summed E-state index contributed by atoms with van der Waals surface area (Å²) in [6.45, 7) is 5.78. The molecule has 0 saturated carbocycles. The zero-order valence-electron chi connectivity index (χ0n) is 20.4. The Balaban J connectivity index is 1.69. The van der Waals surface area contributed by atoms with Crippen LogP contribution in [-0.2, 0) is 27.7 Å². The molecule has 0 heterocycles. The van der Waals surface area contributed by atoms with Gasteiger partial charge in [-0.2, -0.15) is 0 Å². The van der Waals surface area contributed by atoms with Crippen molar-refractivity contribution in [2.75, 3.05) is 17.1 Å². The molecule has 0 amide bonds. The van der Waals surface area contributed by atoms with Gasteiger partial charge in [0.05, 0.1) is 5.75 Å². The number of aryl methyl sites for hydroxylation is 1. The number of ether oxygens (including phenoxy) is 1. The van der Waals surface area contributed by atoms with Crippen LogP contribution in [0.1, 0.15) is 76.3 Å². The van der Waals surface area contributed by atoms with Crippen LogP contribution in [0.5, 0.6) is 0 Å². The van der Waals surface area contributed by atoms with Gasteiger partial charge in [-0.1, -0.05) is 75.6 Å². The van der Waals surface area contributed by atoms with Crippen LogP contribution in [0, 0.1) is 0 Å². The molecule has 0 fully saturated rings. The second kappa shape index (κ2) is 15.9. The fraction of sp³-hybridized carbons (Fsp3) is 0.556. The van der Waals surface area contributed by atoms with E-state index in [9.17, 15) is 8.42 Å². The van der Waals surface area contributed by atoms with Gasteiger partial charge in [-0.15, -0.1) is 0 Å². The Morgan fingerprint density at radius 2 is 1.55 bits per heavy atom. The molecule has 1 atom stereocenters. The molecule has 0 aromatic heterocycles. The number of rotatable bonds is 18. The van der Waals surface area contributed by atoms with Crippen molar-refractivity contribution in [3.05, 3.63) is 65.7 Å². The Morgan fingerprint density at radius 3 is 2.24 bits per heavy atom. The van der Waals surface area contributed by atoms with Gasteiger partial charge in [-0.25, -0.2) is 8.42 Å². The van der Waals surface area contributed by atoms with Crippen LogP contribution >= 0.6 is 0 Å². The fourth-order valence-electron chi connectivity index (χ4n) is 3.61. The lowest BCUT2D eigenvalue weighted by molar-refractivity contribution is 0.0191. The van der Waals surface area contributed by atoms with E-state index in [0.29, 0.717) is 12.1 Å².